The molecule has 1 N–H and O–H groups in total. The fourth-order valence-electron chi connectivity index (χ4n) is 3.22. The number of sulfonamides is 1. The summed E-state index contributed by atoms with van der Waals surface area (Å²) in [5.41, 5.74) is 0.777. The summed E-state index contributed by atoms with van der Waals surface area (Å²) in [6.07, 6.45) is 5.52. The van der Waals surface area contributed by atoms with Gasteiger partial charge >= 0.3 is 0 Å². The fourth-order valence-corrected chi connectivity index (χ4v) is 4.94. The molecule has 0 aliphatic heterocycles. The minimum absolute atomic E-state index is 0.212. The van der Waals surface area contributed by atoms with E-state index in [1.54, 1.807) is 26.4 Å². The van der Waals surface area contributed by atoms with Crippen LogP contribution in [-0.2, 0) is 10.0 Å². The molecule has 0 aromatic heterocycles. The predicted octanol–water partition coefficient (Wildman–Crippen LogP) is 3.26. The molecule has 1 unspecified atom stereocenters. The summed E-state index contributed by atoms with van der Waals surface area (Å²) in [6.45, 7) is 1.83. The molecule has 5 nitrogen and oxygen atoms in total. The third-order valence-electron chi connectivity index (χ3n) is 4.44. The molecule has 1 saturated carbocycles. The number of benzene rings is 1. The molecule has 2 rings (SSSR count). The molecule has 1 aromatic carbocycles. The van der Waals surface area contributed by atoms with Gasteiger partial charge in [-0.1, -0.05) is 19.3 Å². The minimum Gasteiger partial charge on any atom is -0.497 e. The molecular formula is C17H27NO4S. The molecule has 0 bridgehead atoms. The molecule has 1 fully saturated rings. The highest BCUT2D eigenvalue weighted by Crippen LogP contribution is 2.30. The van der Waals surface area contributed by atoms with E-state index in [0.29, 0.717) is 11.5 Å². The first kappa shape index (κ1) is 18.1. The van der Waals surface area contributed by atoms with Gasteiger partial charge in [-0.3, -0.25) is 0 Å². The third-order valence-corrected chi connectivity index (χ3v) is 6.06. The zero-order chi connectivity index (χ0) is 16.9. The van der Waals surface area contributed by atoms with Crippen LogP contribution >= 0.6 is 0 Å². The quantitative estimate of drug-likeness (QED) is 0.827. The van der Waals surface area contributed by atoms with E-state index >= 15 is 0 Å². The Kier molecular flexibility index (Phi) is 6.30. The van der Waals surface area contributed by atoms with Gasteiger partial charge in [0.1, 0.15) is 11.5 Å². The van der Waals surface area contributed by atoms with Crippen LogP contribution in [0.5, 0.6) is 11.5 Å². The van der Waals surface area contributed by atoms with Crippen LogP contribution in [0.2, 0.25) is 0 Å². The van der Waals surface area contributed by atoms with Gasteiger partial charge < -0.3 is 9.47 Å². The van der Waals surface area contributed by atoms with Crippen molar-refractivity contribution in [2.24, 2.45) is 5.92 Å². The molecule has 1 aromatic rings. The van der Waals surface area contributed by atoms with Crippen molar-refractivity contribution >= 4 is 10.0 Å². The van der Waals surface area contributed by atoms with Crippen molar-refractivity contribution in [3.8, 4) is 11.5 Å². The summed E-state index contributed by atoms with van der Waals surface area (Å²) >= 11 is 0. The summed E-state index contributed by atoms with van der Waals surface area (Å²) in [5.74, 6) is 1.82. The maximum Gasteiger partial charge on any atom is 0.212 e. The van der Waals surface area contributed by atoms with Crippen LogP contribution in [0.25, 0.3) is 0 Å². The highest BCUT2D eigenvalue weighted by molar-refractivity contribution is 7.89. The minimum atomic E-state index is -3.32. The Morgan fingerprint density at radius 1 is 1.17 bits per heavy atom. The Hall–Kier alpha value is -1.27. The van der Waals surface area contributed by atoms with Crippen LogP contribution in [0, 0.1) is 5.92 Å². The number of hydrogen-bond donors (Lipinski definition) is 1. The summed E-state index contributed by atoms with van der Waals surface area (Å²) in [4.78, 5) is 0. The van der Waals surface area contributed by atoms with Gasteiger partial charge in [0.2, 0.25) is 10.0 Å². The van der Waals surface area contributed by atoms with Crippen molar-refractivity contribution in [1.82, 2.24) is 4.72 Å². The van der Waals surface area contributed by atoms with E-state index in [1.807, 2.05) is 13.0 Å². The molecule has 6 heteroatoms. The smallest absolute Gasteiger partial charge is 0.212 e. The zero-order valence-corrected chi connectivity index (χ0v) is 15.0. The Labute approximate surface area is 139 Å². The van der Waals surface area contributed by atoms with Crippen LogP contribution in [-0.4, -0.2) is 28.4 Å². The lowest BCUT2D eigenvalue weighted by atomic mass is 9.91. The van der Waals surface area contributed by atoms with Crippen LogP contribution in [0.15, 0.2) is 18.2 Å². The van der Waals surface area contributed by atoms with Gasteiger partial charge in [-0.2, -0.15) is 0 Å². The standard InChI is InChI=1S/C17H27NO4S/c1-13(16-11-15(21-2)9-10-17(16)22-3)18-23(19,20)12-14-7-5-4-6-8-14/h9-11,13-14,18H,4-8,12H2,1-3H3. The van der Waals surface area contributed by atoms with Gasteiger partial charge in [-0.25, -0.2) is 13.1 Å². The van der Waals surface area contributed by atoms with Crippen LogP contribution in [0.3, 0.4) is 0 Å². The molecule has 0 spiro atoms. The second kappa shape index (κ2) is 8.02. The Morgan fingerprint density at radius 2 is 1.87 bits per heavy atom. The largest absolute Gasteiger partial charge is 0.497 e. The van der Waals surface area contributed by atoms with E-state index in [4.69, 9.17) is 9.47 Å². The first-order chi connectivity index (χ1) is 10.9. The van der Waals surface area contributed by atoms with Gasteiger partial charge in [0.05, 0.1) is 20.0 Å². The summed E-state index contributed by atoms with van der Waals surface area (Å²) in [6, 6.07) is 5.03. The summed E-state index contributed by atoms with van der Waals surface area (Å²) < 4.78 is 38.3. The first-order valence-corrected chi connectivity index (χ1v) is 9.82. The SMILES string of the molecule is COc1ccc(OC)c(C(C)NS(=O)(=O)CC2CCCCC2)c1. The summed E-state index contributed by atoms with van der Waals surface area (Å²) in [7, 11) is -0.155. The molecule has 1 atom stereocenters. The van der Waals surface area contributed by atoms with Crippen LogP contribution in [0.4, 0.5) is 0 Å². The van der Waals surface area contributed by atoms with Crippen molar-refractivity contribution in [1.29, 1.82) is 0 Å². The van der Waals surface area contributed by atoms with Gasteiger partial charge in [-0.05, 0) is 43.9 Å². The van der Waals surface area contributed by atoms with Gasteiger partial charge in [0.15, 0.2) is 0 Å². The monoisotopic (exact) mass is 341 g/mol. The number of rotatable bonds is 7. The number of hydrogen-bond acceptors (Lipinski definition) is 4. The molecular weight excluding hydrogens is 314 g/mol. The van der Waals surface area contributed by atoms with E-state index in [2.05, 4.69) is 4.72 Å². The summed E-state index contributed by atoms with van der Waals surface area (Å²) in [5, 5.41) is 0. The molecule has 1 aliphatic rings. The molecule has 0 amide bonds. The number of nitrogens with one attached hydrogen (secondary N) is 1. The second-order valence-electron chi connectivity index (χ2n) is 6.23. The van der Waals surface area contributed by atoms with E-state index < -0.39 is 10.0 Å². The van der Waals surface area contributed by atoms with E-state index in [9.17, 15) is 8.42 Å². The lowest BCUT2D eigenvalue weighted by molar-refractivity contribution is 0.382. The average Bonchev–Trinajstić information content (AvgIpc) is 2.54. The zero-order valence-electron chi connectivity index (χ0n) is 14.2. The van der Waals surface area contributed by atoms with Gasteiger partial charge in [-0.15, -0.1) is 0 Å². The van der Waals surface area contributed by atoms with Gasteiger partial charge in [0, 0.05) is 11.6 Å². The van der Waals surface area contributed by atoms with Crippen molar-refractivity contribution in [3.05, 3.63) is 23.8 Å². The highest BCUT2D eigenvalue weighted by atomic mass is 32.2. The Bertz CT molecular complexity index is 609. The lowest BCUT2D eigenvalue weighted by Crippen LogP contribution is -2.32. The third kappa shape index (κ3) is 5.11. The van der Waals surface area contributed by atoms with Crippen molar-refractivity contribution < 1.29 is 17.9 Å². The Balaban J connectivity index is 2.09. The first-order valence-electron chi connectivity index (χ1n) is 8.17. The number of methoxy groups -OCH3 is 2. The molecule has 0 saturated heterocycles. The lowest BCUT2D eigenvalue weighted by Gasteiger charge is -2.23. The normalized spacial score (nSPS) is 17.7. The highest BCUT2D eigenvalue weighted by Gasteiger charge is 2.24. The van der Waals surface area contributed by atoms with Crippen LogP contribution < -0.4 is 14.2 Å². The van der Waals surface area contributed by atoms with Crippen molar-refractivity contribution in [2.75, 3.05) is 20.0 Å². The fraction of sp³-hybridized carbons (Fsp3) is 0.647. The maximum absolute atomic E-state index is 12.5. The molecule has 0 radical (unpaired) electrons. The molecule has 1 aliphatic carbocycles. The molecule has 0 heterocycles. The average molecular weight is 341 g/mol. The maximum atomic E-state index is 12.5. The Morgan fingerprint density at radius 3 is 2.48 bits per heavy atom. The number of ether oxygens (including phenoxy) is 2. The molecule has 23 heavy (non-hydrogen) atoms. The van der Waals surface area contributed by atoms with E-state index in [0.717, 1.165) is 31.2 Å². The van der Waals surface area contributed by atoms with Crippen molar-refractivity contribution in [2.45, 2.75) is 45.1 Å². The predicted molar refractivity (Wildman–Crippen MR) is 91.5 cm³/mol. The van der Waals surface area contributed by atoms with E-state index in [1.165, 1.54) is 6.42 Å². The second-order valence-corrected chi connectivity index (χ2v) is 8.03. The van der Waals surface area contributed by atoms with Crippen molar-refractivity contribution in [3.63, 3.8) is 0 Å². The van der Waals surface area contributed by atoms with Gasteiger partial charge in [0.25, 0.3) is 0 Å². The van der Waals surface area contributed by atoms with Crippen LogP contribution in [0.1, 0.15) is 50.6 Å². The van der Waals surface area contributed by atoms with E-state index in [-0.39, 0.29) is 17.7 Å². The topological polar surface area (TPSA) is 64.6 Å². The molecule has 130 valence electrons.